The van der Waals surface area contributed by atoms with E-state index in [1.165, 1.54) is 11.1 Å². The molecule has 82 valence electrons. The predicted molar refractivity (Wildman–Crippen MR) is 60.8 cm³/mol. The lowest BCUT2D eigenvalue weighted by Crippen LogP contribution is -2.22. The van der Waals surface area contributed by atoms with Gasteiger partial charge in [-0.3, -0.25) is 4.68 Å². The van der Waals surface area contributed by atoms with E-state index < -0.39 is 0 Å². The van der Waals surface area contributed by atoms with Crippen LogP contribution in [-0.2, 0) is 19.5 Å². The molecular formula is C12H14N4. The molecule has 3 rings (SSSR count). The first-order valence-corrected chi connectivity index (χ1v) is 5.53. The van der Waals surface area contributed by atoms with Gasteiger partial charge in [-0.15, -0.1) is 0 Å². The maximum absolute atomic E-state index is 5.48. The van der Waals surface area contributed by atoms with Crippen LogP contribution in [0.4, 0.5) is 0 Å². The number of fused-ring (bicyclic) bond motifs is 1. The van der Waals surface area contributed by atoms with E-state index in [-0.39, 0.29) is 0 Å². The molecular weight excluding hydrogens is 200 g/mol. The van der Waals surface area contributed by atoms with Crippen molar-refractivity contribution in [1.29, 1.82) is 0 Å². The summed E-state index contributed by atoms with van der Waals surface area (Å²) in [6.07, 6.45) is 2.91. The number of nitrogens with two attached hydrogens (primary N) is 1. The molecule has 1 aromatic carbocycles. The molecule has 16 heavy (non-hydrogen) atoms. The van der Waals surface area contributed by atoms with Gasteiger partial charge in [0, 0.05) is 12.5 Å². The van der Waals surface area contributed by atoms with E-state index in [1.807, 2.05) is 4.68 Å². The third-order valence-electron chi connectivity index (χ3n) is 3.14. The molecule has 0 saturated heterocycles. The zero-order chi connectivity index (χ0) is 11.0. The quantitative estimate of drug-likeness (QED) is 0.831. The van der Waals surface area contributed by atoms with E-state index >= 15 is 0 Å². The highest BCUT2D eigenvalue weighted by Gasteiger charge is 2.25. The molecule has 1 aliphatic rings. The van der Waals surface area contributed by atoms with Gasteiger partial charge >= 0.3 is 0 Å². The molecule has 1 heterocycles. The first-order chi connectivity index (χ1) is 7.86. The summed E-state index contributed by atoms with van der Waals surface area (Å²) in [4.78, 5) is 4.13. The van der Waals surface area contributed by atoms with Crippen molar-refractivity contribution in [3.8, 4) is 0 Å². The van der Waals surface area contributed by atoms with E-state index in [9.17, 15) is 0 Å². The minimum Gasteiger partial charge on any atom is -0.324 e. The SMILES string of the molecule is NCc1ncn(CC2Cc3ccccc32)n1. The summed E-state index contributed by atoms with van der Waals surface area (Å²) in [7, 11) is 0. The molecule has 0 fully saturated rings. The molecule has 2 aromatic rings. The van der Waals surface area contributed by atoms with E-state index in [1.54, 1.807) is 6.33 Å². The van der Waals surface area contributed by atoms with Crippen molar-refractivity contribution in [3.05, 3.63) is 47.5 Å². The van der Waals surface area contributed by atoms with E-state index in [0.717, 1.165) is 13.0 Å². The van der Waals surface area contributed by atoms with Crippen LogP contribution in [0.25, 0.3) is 0 Å². The number of hydrogen-bond acceptors (Lipinski definition) is 3. The van der Waals surface area contributed by atoms with Crippen LogP contribution in [0.1, 0.15) is 22.9 Å². The van der Waals surface area contributed by atoms with Crippen molar-refractivity contribution in [1.82, 2.24) is 14.8 Å². The van der Waals surface area contributed by atoms with Crippen LogP contribution in [0.5, 0.6) is 0 Å². The molecule has 0 amide bonds. The highest BCUT2D eigenvalue weighted by molar-refractivity contribution is 5.39. The third-order valence-corrected chi connectivity index (χ3v) is 3.14. The highest BCUT2D eigenvalue weighted by atomic mass is 15.3. The highest BCUT2D eigenvalue weighted by Crippen LogP contribution is 2.35. The Balaban J connectivity index is 1.74. The molecule has 1 aliphatic carbocycles. The Hall–Kier alpha value is -1.68. The van der Waals surface area contributed by atoms with Crippen molar-refractivity contribution in [2.24, 2.45) is 5.73 Å². The molecule has 0 aliphatic heterocycles. The van der Waals surface area contributed by atoms with Crippen LogP contribution >= 0.6 is 0 Å². The maximum Gasteiger partial charge on any atom is 0.164 e. The number of rotatable bonds is 3. The zero-order valence-electron chi connectivity index (χ0n) is 9.00. The Kier molecular flexibility index (Phi) is 2.22. The van der Waals surface area contributed by atoms with Gasteiger partial charge in [0.1, 0.15) is 6.33 Å². The summed E-state index contributed by atoms with van der Waals surface area (Å²) >= 11 is 0. The molecule has 1 unspecified atom stereocenters. The van der Waals surface area contributed by atoms with Crippen molar-refractivity contribution in [3.63, 3.8) is 0 Å². The van der Waals surface area contributed by atoms with Crippen molar-refractivity contribution in [2.45, 2.75) is 25.4 Å². The maximum atomic E-state index is 5.48. The Labute approximate surface area is 94.1 Å². The van der Waals surface area contributed by atoms with Crippen molar-refractivity contribution in [2.75, 3.05) is 0 Å². The fourth-order valence-corrected chi connectivity index (χ4v) is 2.27. The number of aromatic nitrogens is 3. The van der Waals surface area contributed by atoms with Crippen LogP contribution in [0.15, 0.2) is 30.6 Å². The summed E-state index contributed by atoms with van der Waals surface area (Å²) in [6.45, 7) is 1.32. The average molecular weight is 214 g/mol. The number of hydrogen-bond donors (Lipinski definition) is 1. The second kappa shape index (κ2) is 3.72. The van der Waals surface area contributed by atoms with Crippen LogP contribution < -0.4 is 5.73 Å². The largest absolute Gasteiger partial charge is 0.324 e. The lowest BCUT2D eigenvalue weighted by Gasteiger charge is -2.29. The molecule has 4 nitrogen and oxygen atoms in total. The van der Waals surface area contributed by atoms with Gasteiger partial charge in [-0.1, -0.05) is 24.3 Å². The van der Waals surface area contributed by atoms with Crippen molar-refractivity contribution >= 4 is 0 Å². The van der Waals surface area contributed by atoms with Crippen LogP contribution in [0.2, 0.25) is 0 Å². The van der Waals surface area contributed by atoms with E-state index in [2.05, 4.69) is 34.3 Å². The topological polar surface area (TPSA) is 56.7 Å². The monoisotopic (exact) mass is 214 g/mol. The van der Waals surface area contributed by atoms with Gasteiger partial charge in [0.25, 0.3) is 0 Å². The first kappa shape index (κ1) is 9.54. The Morgan fingerprint density at radius 3 is 3.00 bits per heavy atom. The van der Waals surface area contributed by atoms with Crippen molar-refractivity contribution < 1.29 is 0 Å². The van der Waals surface area contributed by atoms with Crippen LogP contribution in [-0.4, -0.2) is 14.8 Å². The molecule has 1 atom stereocenters. The number of nitrogens with zero attached hydrogens (tertiary/aromatic N) is 3. The van der Waals surface area contributed by atoms with Gasteiger partial charge in [0.2, 0.25) is 0 Å². The van der Waals surface area contributed by atoms with Gasteiger partial charge < -0.3 is 5.73 Å². The summed E-state index contributed by atoms with van der Waals surface area (Å²) in [6, 6.07) is 8.58. The summed E-state index contributed by atoms with van der Waals surface area (Å²) in [5, 5.41) is 4.30. The molecule has 4 heteroatoms. The van der Waals surface area contributed by atoms with Gasteiger partial charge in [0.05, 0.1) is 6.54 Å². The van der Waals surface area contributed by atoms with E-state index in [0.29, 0.717) is 18.3 Å². The summed E-state index contributed by atoms with van der Waals surface area (Å²) in [5.41, 5.74) is 8.39. The second-order valence-electron chi connectivity index (χ2n) is 4.19. The summed E-state index contributed by atoms with van der Waals surface area (Å²) in [5.74, 6) is 1.30. The first-order valence-electron chi connectivity index (χ1n) is 5.53. The number of benzene rings is 1. The molecule has 1 aromatic heterocycles. The second-order valence-corrected chi connectivity index (χ2v) is 4.19. The molecule has 0 bridgehead atoms. The fourth-order valence-electron chi connectivity index (χ4n) is 2.27. The molecule has 0 spiro atoms. The van der Waals surface area contributed by atoms with Crippen LogP contribution in [0.3, 0.4) is 0 Å². The minimum absolute atomic E-state index is 0.411. The molecule has 2 N–H and O–H groups in total. The zero-order valence-corrected chi connectivity index (χ0v) is 9.00. The van der Waals surface area contributed by atoms with Gasteiger partial charge in [-0.05, 0) is 17.5 Å². The van der Waals surface area contributed by atoms with Gasteiger partial charge in [-0.2, -0.15) is 5.10 Å². The standard InChI is InChI=1S/C12H14N4/c13-6-12-14-8-16(15-12)7-10-5-9-3-1-2-4-11(9)10/h1-4,8,10H,5-7,13H2. The Morgan fingerprint density at radius 1 is 1.38 bits per heavy atom. The lowest BCUT2D eigenvalue weighted by atomic mass is 9.78. The third kappa shape index (κ3) is 1.51. The lowest BCUT2D eigenvalue weighted by molar-refractivity contribution is 0.472. The average Bonchev–Trinajstić information content (AvgIpc) is 2.74. The summed E-state index contributed by atoms with van der Waals surface area (Å²) < 4.78 is 1.89. The molecule has 0 radical (unpaired) electrons. The van der Waals surface area contributed by atoms with E-state index in [4.69, 9.17) is 5.73 Å². The van der Waals surface area contributed by atoms with Gasteiger partial charge in [0.15, 0.2) is 5.82 Å². The minimum atomic E-state index is 0.411. The van der Waals surface area contributed by atoms with Gasteiger partial charge in [-0.25, -0.2) is 4.98 Å². The Bertz CT molecular complexity index is 503. The van der Waals surface area contributed by atoms with Crippen LogP contribution in [0, 0.1) is 0 Å². The Morgan fingerprint density at radius 2 is 2.25 bits per heavy atom. The molecule has 0 saturated carbocycles. The predicted octanol–water partition coefficient (Wildman–Crippen LogP) is 1.08. The smallest absolute Gasteiger partial charge is 0.164 e. The normalized spacial score (nSPS) is 17.9. The fraction of sp³-hybridized carbons (Fsp3) is 0.333.